The quantitative estimate of drug-likeness (QED) is 0.768. The maximum Gasteiger partial charge on any atom is 0.344 e. The number of rotatable bonds is 4. The first kappa shape index (κ1) is 15.5. The number of carbonyl (C=O) groups is 2. The van der Waals surface area contributed by atoms with Crippen molar-refractivity contribution in [1.29, 1.82) is 0 Å². The zero-order valence-corrected chi connectivity index (χ0v) is 12.5. The molecule has 0 atom stereocenters. The topological polar surface area (TPSA) is 96.6 Å². The van der Waals surface area contributed by atoms with Gasteiger partial charge in [0, 0.05) is 5.56 Å². The molecule has 2 aromatic carbocycles. The average Bonchev–Trinajstić information content (AvgIpc) is 2.59. The van der Waals surface area contributed by atoms with E-state index in [0.29, 0.717) is 16.3 Å². The monoisotopic (exact) mass is 323 g/mol. The van der Waals surface area contributed by atoms with Gasteiger partial charge in [0.2, 0.25) is 0 Å². The summed E-state index contributed by atoms with van der Waals surface area (Å²) in [5.74, 6) is -1.44. The van der Waals surface area contributed by atoms with Gasteiger partial charge in [0.15, 0.2) is 0 Å². The molecular weight excluding hydrogens is 310 g/mol. The maximum atomic E-state index is 12.2. The summed E-state index contributed by atoms with van der Waals surface area (Å²) in [4.78, 5) is 34.9. The number of fused-ring (bicyclic) bond motifs is 1. The summed E-state index contributed by atoms with van der Waals surface area (Å²) < 4.78 is 5.34. The van der Waals surface area contributed by atoms with Gasteiger partial charge in [-0.05, 0) is 23.6 Å². The Labute approximate surface area is 136 Å². The zero-order chi connectivity index (χ0) is 17.1. The first-order valence-electron chi connectivity index (χ1n) is 7.18. The number of hydrogen-bond acceptors (Lipinski definition) is 4. The van der Waals surface area contributed by atoms with Crippen molar-refractivity contribution < 1.29 is 19.1 Å². The fourth-order valence-electron chi connectivity index (χ4n) is 2.41. The van der Waals surface area contributed by atoms with Crippen molar-refractivity contribution in [2.75, 3.05) is 6.54 Å². The van der Waals surface area contributed by atoms with Crippen LogP contribution in [0.1, 0.15) is 10.4 Å². The third-order valence-corrected chi connectivity index (χ3v) is 3.51. The number of amides is 1. The molecule has 0 aliphatic rings. The van der Waals surface area contributed by atoms with Gasteiger partial charge in [-0.25, -0.2) is 4.79 Å². The minimum atomic E-state index is -1.14. The summed E-state index contributed by atoms with van der Waals surface area (Å²) in [5.41, 5.74) is 0.157. The van der Waals surface area contributed by atoms with E-state index in [-0.39, 0.29) is 11.3 Å². The number of carbonyl (C=O) groups excluding carboxylic acids is 1. The van der Waals surface area contributed by atoms with E-state index in [9.17, 15) is 14.4 Å². The summed E-state index contributed by atoms with van der Waals surface area (Å²) in [6, 6.07) is 15.2. The molecular formula is C18H13NO5. The molecule has 0 fully saturated rings. The van der Waals surface area contributed by atoms with Gasteiger partial charge in [-0.15, -0.1) is 0 Å². The molecule has 0 bridgehead atoms. The molecule has 1 amide bonds. The molecule has 0 radical (unpaired) electrons. The molecule has 24 heavy (non-hydrogen) atoms. The van der Waals surface area contributed by atoms with Crippen molar-refractivity contribution in [3.05, 3.63) is 70.6 Å². The molecule has 1 heterocycles. The minimum Gasteiger partial charge on any atom is -0.480 e. The van der Waals surface area contributed by atoms with Crippen molar-refractivity contribution in [2.24, 2.45) is 0 Å². The fraction of sp³-hybridized carbons (Fsp3) is 0.0556. The first-order valence-corrected chi connectivity index (χ1v) is 7.18. The van der Waals surface area contributed by atoms with Gasteiger partial charge in [-0.1, -0.05) is 36.4 Å². The Bertz CT molecular complexity index is 990. The lowest BCUT2D eigenvalue weighted by atomic mass is 10.0. The van der Waals surface area contributed by atoms with Gasteiger partial charge in [0.05, 0.1) is 10.9 Å². The van der Waals surface area contributed by atoms with Gasteiger partial charge < -0.3 is 14.8 Å². The predicted octanol–water partition coefficient (Wildman–Crippen LogP) is 2.27. The van der Waals surface area contributed by atoms with E-state index >= 15 is 0 Å². The summed E-state index contributed by atoms with van der Waals surface area (Å²) in [5, 5.41) is 12.1. The molecule has 120 valence electrons. The first-order chi connectivity index (χ1) is 11.6. The molecule has 6 heteroatoms. The Morgan fingerprint density at radius 2 is 1.75 bits per heavy atom. The Hall–Kier alpha value is -3.41. The van der Waals surface area contributed by atoms with Crippen LogP contribution in [0.3, 0.4) is 0 Å². The number of nitrogens with one attached hydrogen (secondary N) is 1. The smallest absolute Gasteiger partial charge is 0.344 e. The van der Waals surface area contributed by atoms with Crippen LogP contribution in [0.15, 0.2) is 63.8 Å². The van der Waals surface area contributed by atoms with E-state index in [1.807, 2.05) is 0 Å². The van der Waals surface area contributed by atoms with Crippen LogP contribution in [0, 0.1) is 0 Å². The maximum absolute atomic E-state index is 12.2. The molecule has 0 aliphatic heterocycles. The van der Waals surface area contributed by atoms with Crippen LogP contribution in [0.25, 0.3) is 22.1 Å². The third kappa shape index (κ3) is 3.03. The van der Waals surface area contributed by atoms with Crippen molar-refractivity contribution in [2.45, 2.75) is 0 Å². The largest absolute Gasteiger partial charge is 0.480 e. The van der Waals surface area contributed by atoms with E-state index < -0.39 is 24.0 Å². The van der Waals surface area contributed by atoms with Gasteiger partial charge in [0.1, 0.15) is 12.3 Å². The number of carboxylic acids is 1. The van der Waals surface area contributed by atoms with Crippen LogP contribution < -0.4 is 10.9 Å². The fourth-order valence-corrected chi connectivity index (χ4v) is 2.41. The molecule has 0 saturated carbocycles. The van der Waals surface area contributed by atoms with E-state index in [2.05, 4.69) is 5.32 Å². The van der Waals surface area contributed by atoms with Crippen LogP contribution in [0.5, 0.6) is 0 Å². The average molecular weight is 323 g/mol. The Balaban J connectivity index is 2.09. The van der Waals surface area contributed by atoms with Gasteiger partial charge >= 0.3 is 11.6 Å². The van der Waals surface area contributed by atoms with Crippen LogP contribution in [0.4, 0.5) is 0 Å². The summed E-state index contributed by atoms with van der Waals surface area (Å²) >= 11 is 0. The lowest BCUT2D eigenvalue weighted by molar-refractivity contribution is -0.135. The van der Waals surface area contributed by atoms with Crippen molar-refractivity contribution in [3.63, 3.8) is 0 Å². The van der Waals surface area contributed by atoms with E-state index in [0.717, 1.165) is 0 Å². The van der Waals surface area contributed by atoms with Crippen LogP contribution in [-0.4, -0.2) is 23.5 Å². The highest BCUT2D eigenvalue weighted by Crippen LogP contribution is 2.25. The third-order valence-electron chi connectivity index (χ3n) is 3.51. The minimum absolute atomic E-state index is 0.234. The Morgan fingerprint density at radius 3 is 2.54 bits per heavy atom. The SMILES string of the molecule is O=C(O)CNC(=O)c1ccccc1-c1cc2ccccc2c(=O)o1. The van der Waals surface area contributed by atoms with Gasteiger partial charge in [-0.2, -0.15) is 0 Å². The lowest BCUT2D eigenvalue weighted by Gasteiger charge is -2.09. The number of carboxylic acid groups (broad SMARTS) is 1. The number of benzene rings is 2. The second kappa shape index (κ2) is 6.37. The van der Waals surface area contributed by atoms with E-state index in [1.54, 1.807) is 54.6 Å². The molecule has 3 rings (SSSR count). The highest BCUT2D eigenvalue weighted by molar-refractivity contribution is 6.01. The summed E-state index contributed by atoms with van der Waals surface area (Å²) in [6.45, 7) is -0.491. The predicted molar refractivity (Wildman–Crippen MR) is 87.9 cm³/mol. The van der Waals surface area contributed by atoms with Gasteiger partial charge in [-0.3, -0.25) is 9.59 Å². The van der Waals surface area contributed by atoms with E-state index in [1.165, 1.54) is 0 Å². The van der Waals surface area contributed by atoms with Crippen LogP contribution >= 0.6 is 0 Å². The summed E-state index contributed by atoms with van der Waals surface area (Å²) in [6.07, 6.45) is 0. The highest BCUT2D eigenvalue weighted by atomic mass is 16.4. The second-order valence-corrected chi connectivity index (χ2v) is 5.11. The van der Waals surface area contributed by atoms with Crippen molar-refractivity contribution >= 4 is 22.6 Å². The Kier molecular flexibility index (Phi) is 4.11. The molecule has 1 aromatic heterocycles. The van der Waals surface area contributed by atoms with Crippen LogP contribution in [0.2, 0.25) is 0 Å². The van der Waals surface area contributed by atoms with Crippen LogP contribution in [-0.2, 0) is 4.79 Å². The zero-order valence-electron chi connectivity index (χ0n) is 12.5. The lowest BCUT2D eigenvalue weighted by Crippen LogP contribution is -2.29. The number of aliphatic carboxylic acids is 1. The molecule has 0 spiro atoms. The molecule has 6 nitrogen and oxygen atoms in total. The van der Waals surface area contributed by atoms with E-state index in [4.69, 9.17) is 9.52 Å². The Morgan fingerprint density at radius 1 is 1.04 bits per heavy atom. The molecule has 3 aromatic rings. The molecule has 0 unspecified atom stereocenters. The molecule has 0 aliphatic carbocycles. The molecule has 2 N–H and O–H groups in total. The normalized spacial score (nSPS) is 10.5. The summed E-state index contributed by atoms with van der Waals surface area (Å²) in [7, 11) is 0. The molecule has 0 saturated heterocycles. The van der Waals surface area contributed by atoms with Crippen molar-refractivity contribution in [1.82, 2.24) is 5.32 Å². The number of hydrogen-bond donors (Lipinski definition) is 2. The van der Waals surface area contributed by atoms with Crippen molar-refractivity contribution in [3.8, 4) is 11.3 Å². The second-order valence-electron chi connectivity index (χ2n) is 5.11. The van der Waals surface area contributed by atoms with Gasteiger partial charge in [0.25, 0.3) is 5.91 Å². The highest BCUT2D eigenvalue weighted by Gasteiger charge is 2.16. The standard InChI is InChI=1S/C18H13NO5/c20-16(21)10-19-17(22)14-8-4-3-7-13(14)15-9-11-5-1-2-6-12(11)18(23)24-15/h1-9H,10H2,(H,19,22)(H,20,21).